The lowest BCUT2D eigenvalue weighted by Gasteiger charge is -2.36. The van der Waals surface area contributed by atoms with Crippen molar-refractivity contribution >= 4 is 17.5 Å². The molecule has 1 aliphatic heterocycles. The van der Waals surface area contributed by atoms with E-state index in [1.807, 2.05) is 26.0 Å². The fourth-order valence-corrected chi connectivity index (χ4v) is 1.74. The van der Waals surface area contributed by atoms with E-state index in [1.54, 1.807) is 17.0 Å². The Morgan fingerprint density at radius 3 is 2.81 bits per heavy atom. The molecule has 1 aliphatic rings. The molecule has 1 saturated heterocycles. The number of nitrogens with two attached hydrogens (primary N) is 1. The second-order valence-electron chi connectivity index (χ2n) is 4.62. The van der Waals surface area contributed by atoms with Crippen LogP contribution in [-0.4, -0.2) is 18.2 Å². The van der Waals surface area contributed by atoms with Gasteiger partial charge < -0.3 is 10.5 Å². The number of carbonyl (C=O) groups excluding carboxylic acids is 1. The fraction of sp³-hybridized carbons (Fsp3) is 0.417. The lowest BCUT2D eigenvalue weighted by Crippen LogP contribution is -2.46. The molecule has 4 heteroatoms. The van der Waals surface area contributed by atoms with Gasteiger partial charge in [0.25, 0.3) is 0 Å². The van der Waals surface area contributed by atoms with Crippen molar-refractivity contribution in [3.63, 3.8) is 0 Å². The van der Waals surface area contributed by atoms with E-state index in [0.29, 0.717) is 12.2 Å². The zero-order valence-electron chi connectivity index (χ0n) is 9.56. The van der Waals surface area contributed by atoms with Gasteiger partial charge in [0.1, 0.15) is 5.60 Å². The highest BCUT2D eigenvalue weighted by Gasteiger charge is 2.33. The molecule has 1 fully saturated rings. The van der Waals surface area contributed by atoms with Gasteiger partial charge in [-0.25, -0.2) is 4.79 Å². The van der Waals surface area contributed by atoms with Gasteiger partial charge in [-0.2, -0.15) is 0 Å². The van der Waals surface area contributed by atoms with Crippen LogP contribution in [0.4, 0.5) is 16.2 Å². The standard InChI is InChI=1S/C12H16N2O2/c1-12(2)6-7-14(11(15)16-12)10-5-3-4-9(13)8-10/h3-5,8H,6-7,13H2,1-2H3. The minimum atomic E-state index is -0.367. The van der Waals surface area contributed by atoms with Crippen molar-refractivity contribution in [3.8, 4) is 0 Å². The number of amides is 1. The van der Waals surface area contributed by atoms with E-state index in [9.17, 15) is 4.79 Å². The summed E-state index contributed by atoms with van der Waals surface area (Å²) in [6, 6.07) is 7.26. The zero-order chi connectivity index (χ0) is 11.8. The van der Waals surface area contributed by atoms with Crippen molar-refractivity contribution < 1.29 is 9.53 Å². The zero-order valence-corrected chi connectivity index (χ0v) is 9.56. The van der Waals surface area contributed by atoms with Crippen LogP contribution < -0.4 is 10.6 Å². The smallest absolute Gasteiger partial charge is 0.414 e. The number of nitrogens with zero attached hydrogens (tertiary/aromatic N) is 1. The number of nitrogen functional groups attached to an aromatic ring is 1. The monoisotopic (exact) mass is 220 g/mol. The quantitative estimate of drug-likeness (QED) is 0.739. The fourth-order valence-electron chi connectivity index (χ4n) is 1.74. The molecule has 1 heterocycles. The molecule has 86 valence electrons. The molecule has 0 bridgehead atoms. The molecule has 0 atom stereocenters. The second kappa shape index (κ2) is 3.70. The lowest BCUT2D eigenvalue weighted by molar-refractivity contribution is 0.0236. The van der Waals surface area contributed by atoms with Crippen LogP contribution in [0.25, 0.3) is 0 Å². The predicted octanol–water partition coefficient (Wildman–Crippen LogP) is 2.39. The van der Waals surface area contributed by atoms with Gasteiger partial charge in [-0.1, -0.05) is 6.07 Å². The molecule has 4 nitrogen and oxygen atoms in total. The molecule has 0 saturated carbocycles. The highest BCUT2D eigenvalue weighted by molar-refractivity contribution is 5.89. The molecule has 0 aromatic heterocycles. The summed E-state index contributed by atoms with van der Waals surface area (Å²) in [6.07, 6.45) is 0.509. The summed E-state index contributed by atoms with van der Waals surface area (Å²) in [5, 5.41) is 0. The maximum atomic E-state index is 11.8. The van der Waals surface area contributed by atoms with Crippen LogP contribution in [0, 0.1) is 0 Å². The predicted molar refractivity (Wildman–Crippen MR) is 63.4 cm³/mol. The lowest BCUT2D eigenvalue weighted by atomic mass is 10.0. The second-order valence-corrected chi connectivity index (χ2v) is 4.62. The van der Waals surface area contributed by atoms with Crippen LogP contribution in [-0.2, 0) is 4.74 Å². The van der Waals surface area contributed by atoms with Crippen molar-refractivity contribution in [1.82, 2.24) is 0 Å². The molecule has 1 aromatic rings. The molecule has 2 N–H and O–H groups in total. The minimum Gasteiger partial charge on any atom is -0.443 e. The first-order chi connectivity index (χ1) is 7.48. The molecule has 0 radical (unpaired) electrons. The van der Waals surface area contributed by atoms with Crippen LogP contribution in [0.5, 0.6) is 0 Å². The largest absolute Gasteiger partial charge is 0.443 e. The number of hydrogen-bond acceptors (Lipinski definition) is 3. The van der Waals surface area contributed by atoms with Crippen molar-refractivity contribution in [1.29, 1.82) is 0 Å². The van der Waals surface area contributed by atoms with Gasteiger partial charge in [0.05, 0.1) is 0 Å². The first-order valence-electron chi connectivity index (χ1n) is 5.34. The average Bonchev–Trinajstić information content (AvgIpc) is 2.15. The summed E-state index contributed by atoms with van der Waals surface area (Å²) < 4.78 is 5.33. The summed E-state index contributed by atoms with van der Waals surface area (Å²) in [4.78, 5) is 13.4. The minimum absolute atomic E-state index is 0.304. The van der Waals surface area contributed by atoms with Crippen molar-refractivity contribution in [2.24, 2.45) is 0 Å². The summed E-state index contributed by atoms with van der Waals surface area (Å²) in [7, 11) is 0. The van der Waals surface area contributed by atoms with E-state index in [4.69, 9.17) is 10.5 Å². The number of anilines is 2. The first kappa shape index (κ1) is 10.8. The molecule has 1 amide bonds. The Hall–Kier alpha value is -1.71. The SMILES string of the molecule is CC1(C)CCN(c2cccc(N)c2)C(=O)O1. The number of hydrogen-bond donors (Lipinski definition) is 1. The Balaban J connectivity index is 2.21. The maximum Gasteiger partial charge on any atom is 0.414 e. The van der Waals surface area contributed by atoms with E-state index < -0.39 is 0 Å². The topological polar surface area (TPSA) is 55.6 Å². The molecule has 1 aromatic carbocycles. The Kier molecular flexibility index (Phi) is 2.50. The number of benzene rings is 1. The third-order valence-corrected chi connectivity index (χ3v) is 2.70. The van der Waals surface area contributed by atoms with Gasteiger partial charge in [-0.05, 0) is 32.0 Å². The first-order valence-corrected chi connectivity index (χ1v) is 5.34. The third kappa shape index (κ3) is 2.10. The molecule has 16 heavy (non-hydrogen) atoms. The molecule has 0 spiro atoms. The average molecular weight is 220 g/mol. The summed E-state index contributed by atoms with van der Waals surface area (Å²) in [6.45, 7) is 4.50. The van der Waals surface area contributed by atoms with Crippen molar-refractivity contribution in [2.45, 2.75) is 25.9 Å². The summed E-state index contributed by atoms with van der Waals surface area (Å²) in [5.74, 6) is 0. The Labute approximate surface area is 95.0 Å². The van der Waals surface area contributed by atoms with Gasteiger partial charge in [0, 0.05) is 24.3 Å². The van der Waals surface area contributed by atoms with Gasteiger partial charge in [0.2, 0.25) is 0 Å². The molecular formula is C12H16N2O2. The number of ether oxygens (including phenoxy) is 1. The normalized spacial score (nSPS) is 19.4. The molecule has 0 aliphatic carbocycles. The molecular weight excluding hydrogens is 204 g/mol. The van der Waals surface area contributed by atoms with Crippen LogP contribution in [0.1, 0.15) is 20.3 Å². The van der Waals surface area contributed by atoms with Gasteiger partial charge in [-0.15, -0.1) is 0 Å². The van der Waals surface area contributed by atoms with E-state index in [-0.39, 0.29) is 11.7 Å². The maximum absolute atomic E-state index is 11.8. The molecule has 2 rings (SSSR count). The Morgan fingerprint density at radius 2 is 2.19 bits per heavy atom. The van der Waals surface area contributed by atoms with Gasteiger partial charge in [-0.3, -0.25) is 4.90 Å². The summed E-state index contributed by atoms with van der Waals surface area (Å²) >= 11 is 0. The number of cyclic esters (lactones) is 1. The van der Waals surface area contributed by atoms with Crippen LogP contribution >= 0.6 is 0 Å². The van der Waals surface area contributed by atoms with Crippen LogP contribution in [0.2, 0.25) is 0 Å². The van der Waals surface area contributed by atoms with Crippen molar-refractivity contribution in [3.05, 3.63) is 24.3 Å². The Morgan fingerprint density at radius 1 is 1.44 bits per heavy atom. The van der Waals surface area contributed by atoms with Gasteiger partial charge in [0.15, 0.2) is 0 Å². The van der Waals surface area contributed by atoms with Crippen LogP contribution in [0.3, 0.4) is 0 Å². The highest BCUT2D eigenvalue weighted by Crippen LogP contribution is 2.27. The van der Waals surface area contributed by atoms with Gasteiger partial charge >= 0.3 is 6.09 Å². The van der Waals surface area contributed by atoms with E-state index in [0.717, 1.165) is 12.1 Å². The van der Waals surface area contributed by atoms with E-state index in [2.05, 4.69) is 0 Å². The summed E-state index contributed by atoms with van der Waals surface area (Å²) in [5.41, 5.74) is 6.76. The number of carbonyl (C=O) groups is 1. The Bertz CT molecular complexity index is 415. The number of rotatable bonds is 1. The highest BCUT2D eigenvalue weighted by atomic mass is 16.6. The van der Waals surface area contributed by atoms with E-state index >= 15 is 0 Å². The molecule has 0 unspecified atom stereocenters. The van der Waals surface area contributed by atoms with Crippen molar-refractivity contribution in [2.75, 3.05) is 17.2 Å². The van der Waals surface area contributed by atoms with Crippen LogP contribution in [0.15, 0.2) is 24.3 Å². The third-order valence-electron chi connectivity index (χ3n) is 2.70. The van der Waals surface area contributed by atoms with E-state index in [1.165, 1.54) is 0 Å².